The second-order valence-corrected chi connectivity index (χ2v) is 8.69. The summed E-state index contributed by atoms with van der Waals surface area (Å²) in [6.45, 7) is 12.2. The van der Waals surface area contributed by atoms with Gasteiger partial charge in [-0.2, -0.15) is 0 Å². The van der Waals surface area contributed by atoms with Crippen LogP contribution in [-0.4, -0.2) is 104 Å². The van der Waals surface area contributed by atoms with E-state index in [9.17, 15) is 4.79 Å². The van der Waals surface area contributed by atoms with Crippen molar-refractivity contribution in [2.75, 3.05) is 76.9 Å². The van der Waals surface area contributed by atoms with Gasteiger partial charge in [0.25, 0.3) is 0 Å². The van der Waals surface area contributed by atoms with Crippen LogP contribution < -0.4 is 10.2 Å². The Morgan fingerprint density at radius 2 is 1.81 bits per heavy atom. The predicted molar refractivity (Wildman–Crippen MR) is 124 cm³/mol. The molecule has 1 saturated carbocycles. The molecule has 1 aromatic rings. The van der Waals surface area contributed by atoms with Gasteiger partial charge in [0, 0.05) is 77.6 Å². The van der Waals surface area contributed by atoms with Gasteiger partial charge in [-0.3, -0.25) is 14.7 Å². The minimum absolute atomic E-state index is 0.317. The van der Waals surface area contributed by atoms with Crippen LogP contribution in [-0.2, 0) is 4.79 Å². The van der Waals surface area contributed by atoms with Crippen molar-refractivity contribution in [3.8, 4) is 0 Å². The zero-order valence-electron chi connectivity index (χ0n) is 18.9. The van der Waals surface area contributed by atoms with E-state index in [2.05, 4.69) is 42.9 Å². The number of carbonyl (C=O) groups excluding carboxylic acids is 1. The summed E-state index contributed by atoms with van der Waals surface area (Å²) in [5.41, 5.74) is 0. The van der Waals surface area contributed by atoms with Crippen LogP contribution in [0.5, 0.6) is 0 Å². The highest BCUT2D eigenvalue weighted by atomic mass is 16.2. The van der Waals surface area contributed by atoms with Crippen molar-refractivity contribution >= 4 is 17.7 Å². The quantitative estimate of drug-likeness (QED) is 0.542. The molecule has 1 aliphatic carbocycles. The fraction of sp³-hybridized carbons (Fsp3) is 0.696. The Morgan fingerprint density at radius 1 is 1.06 bits per heavy atom. The summed E-state index contributed by atoms with van der Waals surface area (Å²) in [5.74, 6) is 2.78. The molecule has 8 heteroatoms. The molecule has 31 heavy (non-hydrogen) atoms. The number of nitrogens with one attached hydrogen (secondary N) is 1. The molecule has 1 aromatic heterocycles. The summed E-state index contributed by atoms with van der Waals surface area (Å²) in [5, 5.41) is 3.46. The van der Waals surface area contributed by atoms with E-state index in [1.807, 2.05) is 18.3 Å². The van der Waals surface area contributed by atoms with Gasteiger partial charge in [-0.05, 0) is 31.9 Å². The lowest BCUT2D eigenvalue weighted by molar-refractivity contribution is -0.139. The zero-order valence-corrected chi connectivity index (χ0v) is 18.9. The Bertz CT molecular complexity index is 721. The first-order valence-corrected chi connectivity index (χ1v) is 11.9. The largest absolute Gasteiger partial charge is 0.357 e. The molecule has 0 radical (unpaired) electrons. The van der Waals surface area contributed by atoms with E-state index in [0.29, 0.717) is 11.8 Å². The van der Waals surface area contributed by atoms with Crippen LogP contribution in [0.25, 0.3) is 0 Å². The van der Waals surface area contributed by atoms with Crippen LogP contribution in [0.2, 0.25) is 0 Å². The third-order valence-corrected chi connectivity index (χ3v) is 6.70. The van der Waals surface area contributed by atoms with Crippen molar-refractivity contribution in [2.24, 2.45) is 10.9 Å². The van der Waals surface area contributed by atoms with Crippen molar-refractivity contribution in [2.45, 2.75) is 26.2 Å². The molecule has 0 atom stereocenters. The van der Waals surface area contributed by atoms with Gasteiger partial charge in [0.15, 0.2) is 5.96 Å². The number of hydrogen-bond acceptors (Lipinski definition) is 5. The maximum atomic E-state index is 12.4. The topological polar surface area (TPSA) is 67.3 Å². The average Bonchev–Trinajstić information content (AvgIpc) is 2.78. The minimum atomic E-state index is 0.317. The highest BCUT2D eigenvalue weighted by Crippen LogP contribution is 2.28. The Kier molecular flexibility index (Phi) is 7.61. The smallest absolute Gasteiger partial charge is 0.225 e. The fourth-order valence-electron chi connectivity index (χ4n) is 4.52. The number of carbonyl (C=O) groups is 1. The number of amides is 1. The van der Waals surface area contributed by atoms with E-state index in [1.165, 1.54) is 6.42 Å². The molecule has 3 heterocycles. The second kappa shape index (κ2) is 10.8. The molecule has 2 saturated heterocycles. The molecule has 1 N–H and O–H groups in total. The predicted octanol–water partition coefficient (Wildman–Crippen LogP) is 1.11. The van der Waals surface area contributed by atoms with Crippen LogP contribution in [0.15, 0.2) is 29.4 Å². The van der Waals surface area contributed by atoms with Crippen LogP contribution in [0.3, 0.4) is 0 Å². The van der Waals surface area contributed by atoms with Gasteiger partial charge in [0.1, 0.15) is 5.82 Å². The van der Waals surface area contributed by atoms with Crippen molar-refractivity contribution in [3.63, 3.8) is 0 Å². The van der Waals surface area contributed by atoms with Crippen LogP contribution >= 0.6 is 0 Å². The molecular formula is C23H37N7O. The summed E-state index contributed by atoms with van der Waals surface area (Å²) in [7, 11) is 0. The van der Waals surface area contributed by atoms with E-state index in [4.69, 9.17) is 4.99 Å². The number of hydrogen-bond donors (Lipinski definition) is 1. The van der Waals surface area contributed by atoms with Gasteiger partial charge < -0.3 is 20.0 Å². The molecular weight excluding hydrogens is 390 g/mol. The summed E-state index contributed by atoms with van der Waals surface area (Å²) in [6, 6.07) is 6.08. The molecule has 1 amide bonds. The number of piperazine rings is 2. The maximum Gasteiger partial charge on any atom is 0.225 e. The second-order valence-electron chi connectivity index (χ2n) is 8.69. The Balaban J connectivity index is 1.21. The third kappa shape index (κ3) is 5.67. The first kappa shape index (κ1) is 21.9. The van der Waals surface area contributed by atoms with Gasteiger partial charge in [-0.15, -0.1) is 0 Å². The van der Waals surface area contributed by atoms with Gasteiger partial charge in [-0.1, -0.05) is 12.5 Å². The van der Waals surface area contributed by atoms with Gasteiger partial charge in [-0.25, -0.2) is 4.98 Å². The lowest BCUT2D eigenvalue weighted by Crippen LogP contribution is -2.53. The highest BCUT2D eigenvalue weighted by Gasteiger charge is 2.31. The fourth-order valence-corrected chi connectivity index (χ4v) is 4.52. The maximum absolute atomic E-state index is 12.4. The average molecular weight is 428 g/mol. The molecule has 3 fully saturated rings. The normalized spacial score (nSPS) is 21.2. The van der Waals surface area contributed by atoms with Crippen molar-refractivity contribution in [3.05, 3.63) is 24.4 Å². The highest BCUT2D eigenvalue weighted by molar-refractivity contribution is 5.80. The van der Waals surface area contributed by atoms with E-state index >= 15 is 0 Å². The van der Waals surface area contributed by atoms with Crippen molar-refractivity contribution in [1.82, 2.24) is 25.0 Å². The Hall–Kier alpha value is -2.35. The first-order valence-electron chi connectivity index (χ1n) is 11.9. The molecule has 170 valence electrons. The number of anilines is 1. The van der Waals surface area contributed by atoms with Crippen molar-refractivity contribution in [1.29, 1.82) is 0 Å². The number of pyridine rings is 1. The molecule has 4 rings (SSSR count). The van der Waals surface area contributed by atoms with Crippen LogP contribution in [0.1, 0.15) is 26.2 Å². The van der Waals surface area contributed by atoms with Crippen LogP contribution in [0, 0.1) is 5.92 Å². The number of guanidine groups is 1. The summed E-state index contributed by atoms with van der Waals surface area (Å²) >= 11 is 0. The van der Waals surface area contributed by atoms with E-state index in [0.717, 1.165) is 96.6 Å². The van der Waals surface area contributed by atoms with Gasteiger partial charge >= 0.3 is 0 Å². The summed E-state index contributed by atoms with van der Waals surface area (Å²) in [6.07, 6.45) is 5.27. The third-order valence-electron chi connectivity index (χ3n) is 6.70. The van der Waals surface area contributed by atoms with Crippen molar-refractivity contribution < 1.29 is 4.79 Å². The monoisotopic (exact) mass is 427 g/mol. The number of nitrogens with zero attached hydrogens (tertiary/aromatic N) is 6. The van der Waals surface area contributed by atoms with Crippen LogP contribution in [0.4, 0.5) is 5.82 Å². The Morgan fingerprint density at radius 3 is 2.42 bits per heavy atom. The summed E-state index contributed by atoms with van der Waals surface area (Å²) < 4.78 is 0. The summed E-state index contributed by atoms with van der Waals surface area (Å²) in [4.78, 5) is 31.0. The molecule has 0 bridgehead atoms. The molecule has 0 unspecified atom stereocenters. The van der Waals surface area contributed by atoms with Gasteiger partial charge in [0.2, 0.25) is 5.91 Å². The first-order chi connectivity index (χ1) is 15.2. The SMILES string of the molecule is CCNC(=NCCN1CCN(C(=O)C2CCC2)CC1)N1CCN(c2ccccn2)CC1. The lowest BCUT2D eigenvalue weighted by atomic mass is 9.84. The number of aliphatic imine (C=N–C) groups is 1. The van der Waals surface area contributed by atoms with E-state index in [1.54, 1.807) is 0 Å². The molecule has 3 aliphatic rings. The molecule has 8 nitrogen and oxygen atoms in total. The minimum Gasteiger partial charge on any atom is -0.357 e. The lowest BCUT2D eigenvalue weighted by Gasteiger charge is -2.38. The molecule has 0 spiro atoms. The molecule has 0 aromatic carbocycles. The standard InChI is InChI=1S/C23H37N7O/c1-2-24-23(30-18-16-28(17-19-30)21-8-3-4-9-25-21)26-10-11-27-12-14-29(15-13-27)22(31)20-6-5-7-20/h3-4,8-9,20H,2,5-7,10-19H2,1H3,(H,24,26). The van der Waals surface area contributed by atoms with Gasteiger partial charge in [0.05, 0.1) is 6.54 Å². The number of aromatic nitrogens is 1. The Labute approximate surface area is 186 Å². The van der Waals surface area contributed by atoms with E-state index < -0.39 is 0 Å². The number of rotatable bonds is 6. The van der Waals surface area contributed by atoms with E-state index in [-0.39, 0.29) is 0 Å². The zero-order chi connectivity index (χ0) is 21.5. The molecule has 2 aliphatic heterocycles.